The summed E-state index contributed by atoms with van der Waals surface area (Å²) in [5.74, 6) is -4.57. The number of pyridine rings is 1. The lowest BCUT2D eigenvalue weighted by Gasteiger charge is -2.24. The van der Waals surface area contributed by atoms with Crippen molar-refractivity contribution in [3.8, 4) is 0 Å². The molecule has 1 aromatic heterocycles. The van der Waals surface area contributed by atoms with Crippen LogP contribution in [0.15, 0.2) is 83.9 Å². The van der Waals surface area contributed by atoms with Gasteiger partial charge in [0.25, 0.3) is 10.0 Å². The number of rotatable bonds is 9. The molecule has 0 aliphatic heterocycles. The van der Waals surface area contributed by atoms with Crippen LogP contribution in [0.25, 0.3) is 0 Å². The van der Waals surface area contributed by atoms with E-state index in [0.717, 1.165) is 0 Å². The Morgan fingerprint density at radius 1 is 0.839 bits per heavy atom. The number of sulfonamides is 1. The average Bonchev–Trinajstić information content (AvgIpc) is 2.74. The fourth-order valence-corrected chi connectivity index (χ4v) is 3.95. The Morgan fingerprint density at radius 3 is 2.00 bits per heavy atom. The van der Waals surface area contributed by atoms with Crippen molar-refractivity contribution in [2.24, 2.45) is 5.92 Å². The Balaban J connectivity index is 1.86. The van der Waals surface area contributed by atoms with Gasteiger partial charge in [0.05, 0.1) is 10.9 Å². The minimum absolute atomic E-state index is 0.0343. The van der Waals surface area contributed by atoms with Gasteiger partial charge in [-0.1, -0.05) is 36.4 Å². The van der Waals surface area contributed by atoms with Crippen molar-refractivity contribution < 1.29 is 28.2 Å². The second-order valence-electron chi connectivity index (χ2n) is 6.53. The van der Waals surface area contributed by atoms with Crippen LogP contribution >= 0.6 is 0 Å². The van der Waals surface area contributed by atoms with Crippen LogP contribution in [0, 0.1) is 5.92 Å². The molecule has 0 saturated heterocycles. The number of nitrogens with one attached hydrogen (secondary N) is 2. The summed E-state index contributed by atoms with van der Waals surface area (Å²) < 4.78 is 27.4. The monoisotopic (exact) mass is 441 g/mol. The Hall–Kier alpha value is -3.92. The molecule has 0 amide bonds. The van der Waals surface area contributed by atoms with Crippen molar-refractivity contribution in [1.82, 2.24) is 4.98 Å². The molecule has 31 heavy (non-hydrogen) atoms. The quantitative estimate of drug-likeness (QED) is 0.371. The highest BCUT2D eigenvalue weighted by atomic mass is 32.2. The third-order valence-corrected chi connectivity index (χ3v) is 5.79. The summed E-state index contributed by atoms with van der Waals surface area (Å²) in [4.78, 5) is 27.1. The molecular formula is C21H19N3O6S. The van der Waals surface area contributed by atoms with Crippen LogP contribution in [-0.2, 0) is 19.6 Å². The molecular weight excluding hydrogens is 422 g/mol. The van der Waals surface area contributed by atoms with Gasteiger partial charge in [0.2, 0.25) is 0 Å². The van der Waals surface area contributed by atoms with Crippen molar-refractivity contribution in [3.63, 3.8) is 0 Å². The molecule has 1 unspecified atom stereocenters. The molecule has 1 heterocycles. The van der Waals surface area contributed by atoms with Crippen LogP contribution in [-0.4, -0.2) is 35.6 Å². The van der Waals surface area contributed by atoms with Gasteiger partial charge < -0.3 is 15.5 Å². The van der Waals surface area contributed by atoms with Crippen molar-refractivity contribution in [3.05, 3.63) is 84.6 Å². The predicted molar refractivity (Wildman–Crippen MR) is 113 cm³/mol. The first-order valence-corrected chi connectivity index (χ1v) is 10.6. The maximum atomic E-state index is 12.5. The zero-order valence-electron chi connectivity index (χ0n) is 16.0. The Bertz CT molecular complexity index is 1140. The lowest BCUT2D eigenvalue weighted by Crippen LogP contribution is -2.34. The number of hydrogen-bond acceptors (Lipinski definition) is 6. The predicted octanol–water partition coefficient (Wildman–Crippen LogP) is 2.82. The SMILES string of the molecule is O=C(O)C(C(=O)O)C(Nc1ccc(S(=O)(=O)Nc2ccccn2)cc1)c1ccccc1. The molecule has 3 rings (SSSR count). The van der Waals surface area contributed by atoms with Gasteiger partial charge >= 0.3 is 11.9 Å². The van der Waals surface area contributed by atoms with Crippen molar-refractivity contribution in [2.75, 3.05) is 10.0 Å². The highest BCUT2D eigenvalue weighted by Gasteiger charge is 2.36. The number of anilines is 2. The van der Waals surface area contributed by atoms with Crippen LogP contribution in [0.5, 0.6) is 0 Å². The van der Waals surface area contributed by atoms with Crippen molar-refractivity contribution >= 4 is 33.5 Å². The van der Waals surface area contributed by atoms with E-state index in [1.54, 1.807) is 42.5 Å². The molecule has 1 atom stereocenters. The van der Waals surface area contributed by atoms with Gasteiger partial charge in [-0.15, -0.1) is 0 Å². The number of carbonyl (C=O) groups is 2. The molecule has 0 radical (unpaired) electrons. The third-order valence-electron chi connectivity index (χ3n) is 4.41. The highest BCUT2D eigenvalue weighted by molar-refractivity contribution is 7.92. The van der Waals surface area contributed by atoms with Gasteiger partial charge in [-0.2, -0.15) is 0 Å². The molecule has 160 valence electrons. The summed E-state index contributed by atoms with van der Waals surface area (Å²) in [7, 11) is -3.88. The zero-order chi connectivity index (χ0) is 22.4. The molecule has 4 N–H and O–H groups in total. The maximum absolute atomic E-state index is 12.5. The normalized spacial score (nSPS) is 12.2. The topological polar surface area (TPSA) is 146 Å². The lowest BCUT2D eigenvalue weighted by atomic mass is 9.92. The van der Waals surface area contributed by atoms with Gasteiger partial charge in [0.15, 0.2) is 5.92 Å². The van der Waals surface area contributed by atoms with Gasteiger partial charge in [-0.25, -0.2) is 13.4 Å². The molecule has 0 aliphatic carbocycles. The van der Waals surface area contributed by atoms with Gasteiger partial charge in [-0.3, -0.25) is 14.3 Å². The second-order valence-corrected chi connectivity index (χ2v) is 8.21. The number of nitrogens with zero attached hydrogens (tertiary/aromatic N) is 1. The summed E-state index contributed by atoms with van der Waals surface area (Å²) in [5, 5.41) is 21.8. The van der Waals surface area contributed by atoms with Gasteiger partial charge in [0.1, 0.15) is 5.82 Å². The Morgan fingerprint density at radius 2 is 1.45 bits per heavy atom. The molecule has 0 aliphatic rings. The standard InChI is InChI=1S/C21H19N3O6S/c25-20(26)18(21(27)28)19(14-6-2-1-3-7-14)23-15-9-11-16(12-10-15)31(29,30)24-17-8-4-5-13-22-17/h1-13,18-19,23H,(H,22,24)(H,25,26)(H,27,28). The number of aromatic nitrogens is 1. The van der Waals surface area contributed by atoms with Crippen LogP contribution in [0.3, 0.4) is 0 Å². The van der Waals surface area contributed by atoms with E-state index in [4.69, 9.17) is 0 Å². The van der Waals surface area contributed by atoms with Crippen LogP contribution in [0.1, 0.15) is 11.6 Å². The van der Waals surface area contributed by atoms with Gasteiger partial charge in [-0.05, 0) is 42.0 Å². The molecule has 0 fully saturated rings. The molecule has 0 spiro atoms. The minimum Gasteiger partial charge on any atom is -0.481 e. The van der Waals surface area contributed by atoms with E-state index in [9.17, 15) is 28.2 Å². The van der Waals surface area contributed by atoms with Crippen molar-refractivity contribution in [2.45, 2.75) is 10.9 Å². The van der Waals surface area contributed by atoms with E-state index in [1.165, 1.54) is 36.5 Å². The smallest absolute Gasteiger partial charge is 0.320 e. The Kier molecular flexibility index (Phi) is 6.51. The van der Waals surface area contributed by atoms with E-state index in [0.29, 0.717) is 11.3 Å². The van der Waals surface area contributed by atoms with Gasteiger partial charge in [0, 0.05) is 11.9 Å². The fourth-order valence-electron chi connectivity index (χ4n) is 2.94. The van der Waals surface area contributed by atoms with Crippen molar-refractivity contribution in [1.29, 1.82) is 0 Å². The summed E-state index contributed by atoms with van der Waals surface area (Å²) in [6.45, 7) is 0. The Labute approximate surface area is 178 Å². The fraction of sp³-hybridized carbons (Fsp3) is 0.0952. The number of carboxylic acids is 2. The summed E-state index contributed by atoms with van der Waals surface area (Å²) in [6.07, 6.45) is 1.45. The van der Waals surface area contributed by atoms with Crippen LogP contribution in [0.4, 0.5) is 11.5 Å². The molecule has 9 nitrogen and oxygen atoms in total. The first-order valence-electron chi connectivity index (χ1n) is 9.09. The maximum Gasteiger partial charge on any atom is 0.320 e. The third kappa shape index (κ3) is 5.37. The number of hydrogen-bond donors (Lipinski definition) is 4. The van der Waals surface area contributed by atoms with Crippen LogP contribution < -0.4 is 10.0 Å². The molecule has 10 heteroatoms. The molecule has 3 aromatic rings. The van der Waals surface area contributed by atoms with E-state index in [2.05, 4.69) is 15.0 Å². The van der Waals surface area contributed by atoms with Crippen LogP contribution in [0.2, 0.25) is 0 Å². The number of aliphatic carboxylic acids is 2. The lowest BCUT2D eigenvalue weighted by molar-refractivity contribution is -0.155. The van der Waals surface area contributed by atoms with E-state index >= 15 is 0 Å². The zero-order valence-corrected chi connectivity index (χ0v) is 16.9. The summed E-state index contributed by atoms with van der Waals surface area (Å²) >= 11 is 0. The first kappa shape index (κ1) is 21.8. The number of benzene rings is 2. The average molecular weight is 441 g/mol. The van der Waals surface area contributed by atoms with E-state index in [1.807, 2.05) is 0 Å². The molecule has 0 saturated carbocycles. The second kappa shape index (κ2) is 9.26. The molecule has 2 aromatic carbocycles. The molecule has 0 bridgehead atoms. The van der Waals surface area contributed by atoms with E-state index < -0.39 is 33.9 Å². The summed E-state index contributed by atoms with van der Waals surface area (Å²) in [6, 6.07) is 17.6. The number of carboxylic acid groups (broad SMARTS) is 2. The largest absolute Gasteiger partial charge is 0.481 e. The highest BCUT2D eigenvalue weighted by Crippen LogP contribution is 2.28. The first-order chi connectivity index (χ1) is 14.8. The summed E-state index contributed by atoms with van der Waals surface area (Å²) in [5.41, 5.74) is 0.823. The van der Waals surface area contributed by atoms with E-state index in [-0.39, 0.29) is 10.7 Å². The minimum atomic E-state index is -3.88.